The molecule has 0 saturated heterocycles. The monoisotopic (exact) mass is 187 g/mol. The minimum absolute atomic E-state index is 0.189. The van der Waals surface area contributed by atoms with E-state index in [1.165, 1.54) is 22.3 Å². The Morgan fingerprint density at radius 2 is 2.00 bits per heavy atom. The second kappa shape index (κ2) is 2.96. The zero-order valence-electron chi connectivity index (χ0n) is 9.09. The second-order valence-electron chi connectivity index (χ2n) is 4.71. The van der Waals surface area contributed by atoms with Gasteiger partial charge in [-0.2, -0.15) is 0 Å². The largest absolute Gasteiger partial charge is 0.322 e. The molecule has 0 saturated carbocycles. The molecule has 0 spiro atoms. The van der Waals surface area contributed by atoms with Crippen LogP contribution in [0.4, 0.5) is 0 Å². The van der Waals surface area contributed by atoms with Crippen molar-refractivity contribution in [3.05, 3.63) is 40.5 Å². The van der Waals surface area contributed by atoms with E-state index < -0.39 is 0 Å². The Balaban J connectivity index is 2.42. The number of rotatable bonds is 1. The molecule has 0 fully saturated rings. The van der Waals surface area contributed by atoms with Crippen LogP contribution in [0, 0.1) is 6.92 Å². The van der Waals surface area contributed by atoms with Crippen molar-refractivity contribution in [1.82, 2.24) is 0 Å². The van der Waals surface area contributed by atoms with Crippen LogP contribution in [0.3, 0.4) is 0 Å². The quantitative estimate of drug-likeness (QED) is 0.718. The first kappa shape index (κ1) is 9.47. The average Bonchev–Trinajstić information content (AvgIpc) is 2.48. The lowest BCUT2D eigenvalue weighted by Crippen LogP contribution is -2.34. The van der Waals surface area contributed by atoms with Gasteiger partial charge in [0, 0.05) is 5.54 Å². The van der Waals surface area contributed by atoms with E-state index in [2.05, 4.69) is 45.0 Å². The molecule has 1 aromatic carbocycles. The Labute approximate surface area is 85.6 Å². The lowest BCUT2D eigenvalue weighted by atomic mass is 9.93. The van der Waals surface area contributed by atoms with Crippen molar-refractivity contribution in [2.24, 2.45) is 5.73 Å². The van der Waals surface area contributed by atoms with Crippen molar-refractivity contribution < 1.29 is 0 Å². The van der Waals surface area contributed by atoms with E-state index in [1.807, 2.05) is 0 Å². The van der Waals surface area contributed by atoms with Gasteiger partial charge in [0.2, 0.25) is 0 Å². The van der Waals surface area contributed by atoms with Gasteiger partial charge in [0.1, 0.15) is 0 Å². The first-order chi connectivity index (χ1) is 6.48. The first-order valence-electron chi connectivity index (χ1n) is 5.07. The summed E-state index contributed by atoms with van der Waals surface area (Å²) in [6.07, 6.45) is 3.26. The summed E-state index contributed by atoms with van der Waals surface area (Å²) in [6, 6.07) is 6.44. The Morgan fingerprint density at radius 1 is 1.29 bits per heavy atom. The summed E-state index contributed by atoms with van der Waals surface area (Å²) in [4.78, 5) is 0. The molecule has 0 atom stereocenters. The van der Waals surface area contributed by atoms with Crippen LogP contribution in [0.15, 0.2) is 23.8 Å². The third-order valence-electron chi connectivity index (χ3n) is 2.97. The van der Waals surface area contributed by atoms with Crippen molar-refractivity contribution in [3.8, 4) is 0 Å². The highest BCUT2D eigenvalue weighted by molar-refractivity contribution is 5.67. The van der Waals surface area contributed by atoms with Crippen LogP contribution in [0.2, 0.25) is 0 Å². The number of benzene rings is 1. The zero-order chi connectivity index (χ0) is 10.3. The van der Waals surface area contributed by atoms with Crippen LogP contribution in [-0.2, 0) is 6.42 Å². The lowest BCUT2D eigenvalue weighted by Gasteiger charge is -2.20. The summed E-state index contributed by atoms with van der Waals surface area (Å²) in [5, 5.41) is 0. The van der Waals surface area contributed by atoms with E-state index in [4.69, 9.17) is 5.73 Å². The van der Waals surface area contributed by atoms with Gasteiger partial charge in [-0.25, -0.2) is 0 Å². The Morgan fingerprint density at radius 3 is 2.57 bits per heavy atom. The normalized spacial score (nSPS) is 15.3. The van der Waals surface area contributed by atoms with E-state index in [0.29, 0.717) is 0 Å². The predicted molar refractivity (Wildman–Crippen MR) is 61.1 cm³/mol. The number of fused-ring (bicyclic) bond motifs is 1. The van der Waals surface area contributed by atoms with Crippen LogP contribution < -0.4 is 5.73 Å². The van der Waals surface area contributed by atoms with Gasteiger partial charge in [0.15, 0.2) is 0 Å². The number of nitrogens with two attached hydrogens (primary N) is 1. The van der Waals surface area contributed by atoms with Gasteiger partial charge in [0.25, 0.3) is 0 Å². The predicted octanol–water partition coefficient (Wildman–Crippen LogP) is 2.67. The SMILES string of the molecule is Cc1cccc2c1CC(C(C)(C)N)=C2. The topological polar surface area (TPSA) is 26.0 Å². The lowest BCUT2D eigenvalue weighted by molar-refractivity contribution is 0.604. The molecular weight excluding hydrogens is 170 g/mol. The van der Waals surface area contributed by atoms with E-state index in [1.54, 1.807) is 0 Å². The summed E-state index contributed by atoms with van der Waals surface area (Å²) in [5.41, 5.74) is 11.4. The maximum absolute atomic E-state index is 6.10. The van der Waals surface area contributed by atoms with Crippen LogP contribution in [0.25, 0.3) is 6.08 Å². The molecule has 0 amide bonds. The van der Waals surface area contributed by atoms with Crippen molar-refractivity contribution in [3.63, 3.8) is 0 Å². The van der Waals surface area contributed by atoms with Gasteiger partial charge in [-0.05, 0) is 49.5 Å². The summed E-state index contributed by atoms with van der Waals surface area (Å²) < 4.78 is 0. The minimum atomic E-state index is -0.189. The molecule has 1 aromatic rings. The molecular formula is C13H17N. The van der Waals surface area contributed by atoms with Gasteiger partial charge < -0.3 is 5.73 Å². The molecule has 2 rings (SSSR count). The maximum Gasteiger partial charge on any atom is 0.0318 e. The molecule has 74 valence electrons. The second-order valence-corrected chi connectivity index (χ2v) is 4.71. The summed E-state index contributed by atoms with van der Waals surface area (Å²) in [5.74, 6) is 0. The van der Waals surface area contributed by atoms with Crippen LogP contribution in [-0.4, -0.2) is 5.54 Å². The molecule has 0 heterocycles. The number of aryl methyl sites for hydroxylation is 1. The highest BCUT2D eigenvalue weighted by Gasteiger charge is 2.23. The van der Waals surface area contributed by atoms with Crippen LogP contribution >= 0.6 is 0 Å². The standard InChI is InChI=1S/C13H17N/c1-9-5-4-6-10-7-11(8-12(9)10)13(2,3)14/h4-7H,8,14H2,1-3H3. The van der Waals surface area contributed by atoms with Crippen molar-refractivity contribution in [1.29, 1.82) is 0 Å². The maximum atomic E-state index is 6.10. The molecule has 1 aliphatic rings. The van der Waals surface area contributed by atoms with Gasteiger partial charge in [-0.15, -0.1) is 0 Å². The molecule has 1 nitrogen and oxygen atoms in total. The molecule has 0 radical (unpaired) electrons. The number of hydrogen-bond acceptors (Lipinski definition) is 1. The fourth-order valence-corrected chi connectivity index (χ4v) is 1.94. The molecule has 14 heavy (non-hydrogen) atoms. The molecule has 0 unspecified atom stereocenters. The third-order valence-corrected chi connectivity index (χ3v) is 2.97. The van der Waals surface area contributed by atoms with Crippen molar-refractivity contribution in [2.75, 3.05) is 0 Å². The van der Waals surface area contributed by atoms with E-state index >= 15 is 0 Å². The summed E-state index contributed by atoms with van der Waals surface area (Å²) in [6.45, 7) is 6.30. The summed E-state index contributed by atoms with van der Waals surface area (Å²) >= 11 is 0. The first-order valence-corrected chi connectivity index (χ1v) is 5.07. The van der Waals surface area contributed by atoms with Gasteiger partial charge in [-0.3, -0.25) is 0 Å². The Kier molecular flexibility index (Phi) is 2.00. The Hall–Kier alpha value is -1.08. The fraction of sp³-hybridized carbons (Fsp3) is 0.385. The van der Waals surface area contributed by atoms with E-state index in [0.717, 1.165) is 6.42 Å². The molecule has 0 aromatic heterocycles. The van der Waals surface area contributed by atoms with E-state index in [-0.39, 0.29) is 5.54 Å². The van der Waals surface area contributed by atoms with E-state index in [9.17, 15) is 0 Å². The smallest absolute Gasteiger partial charge is 0.0318 e. The van der Waals surface area contributed by atoms with Gasteiger partial charge in [0.05, 0.1) is 0 Å². The third kappa shape index (κ3) is 1.48. The summed E-state index contributed by atoms with van der Waals surface area (Å²) in [7, 11) is 0. The zero-order valence-corrected chi connectivity index (χ0v) is 9.09. The number of hydrogen-bond donors (Lipinski definition) is 1. The van der Waals surface area contributed by atoms with Crippen LogP contribution in [0.1, 0.15) is 30.5 Å². The minimum Gasteiger partial charge on any atom is -0.322 e. The van der Waals surface area contributed by atoms with Crippen molar-refractivity contribution >= 4 is 6.08 Å². The van der Waals surface area contributed by atoms with Crippen LogP contribution in [0.5, 0.6) is 0 Å². The molecule has 1 aliphatic carbocycles. The molecule has 0 aliphatic heterocycles. The van der Waals surface area contributed by atoms with Crippen molar-refractivity contribution in [2.45, 2.75) is 32.7 Å². The Bertz CT molecular complexity index is 394. The molecule has 0 bridgehead atoms. The van der Waals surface area contributed by atoms with Gasteiger partial charge >= 0.3 is 0 Å². The molecule has 1 heteroatoms. The molecule has 2 N–H and O–H groups in total. The fourth-order valence-electron chi connectivity index (χ4n) is 1.94. The highest BCUT2D eigenvalue weighted by Crippen LogP contribution is 2.31. The highest BCUT2D eigenvalue weighted by atomic mass is 14.7. The van der Waals surface area contributed by atoms with Gasteiger partial charge in [-0.1, -0.05) is 24.3 Å². The average molecular weight is 187 g/mol.